The molecule has 1 amide bonds. The van der Waals surface area contributed by atoms with Gasteiger partial charge in [0.15, 0.2) is 0 Å². The lowest BCUT2D eigenvalue weighted by Crippen LogP contribution is -2.39. The highest BCUT2D eigenvalue weighted by molar-refractivity contribution is 14.1. The minimum absolute atomic E-state index is 0.00266. The van der Waals surface area contributed by atoms with Gasteiger partial charge in [0.2, 0.25) is 5.91 Å². The molecule has 8 heteroatoms. The fraction of sp³-hybridized carbons (Fsp3) is 0.316. The van der Waals surface area contributed by atoms with Crippen LogP contribution < -0.4 is 5.32 Å². The van der Waals surface area contributed by atoms with Crippen LogP contribution >= 0.6 is 22.6 Å². The number of nitrogens with one attached hydrogen (secondary N) is 1. The van der Waals surface area contributed by atoms with Crippen LogP contribution in [0.15, 0.2) is 42.5 Å². The molecule has 27 heavy (non-hydrogen) atoms. The second-order valence-corrected chi connectivity index (χ2v) is 7.98. The number of carbonyl (C=O) groups excluding carboxylic acids is 1. The molecule has 1 aliphatic rings. The lowest BCUT2D eigenvalue weighted by Gasteiger charge is -2.31. The van der Waals surface area contributed by atoms with Gasteiger partial charge >= 0.3 is 0 Å². The first-order chi connectivity index (χ1) is 13.1. The van der Waals surface area contributed by atoms with Gasteiger partial charge in [0.25, 0.3) is 0 Å². The zero-order valence-corrected chi connectivity index (χ0v) is 16.8. The molecule has 0 atom stereocenters. The Hall–Kier alpha value is -2.07. The van der Waals surface area contributed by atoms with Crippen molar-refractivity contribution in [2.75, 3.05) is 25.0 Å². The molecule has 0 unspecified atom stereocenters. The highest BCUT2D eigenvalue weighted by atomic mass is 127. The Bertz CT molecular complexity index is 968. The van der Waals surface area contributed by atoms with Gasteiger partial charge in [-0.1, -0.05) is 11.3 Å². The number of benzene rings is 2. The van der Waals surface area contributed by atoms with Crippen LogP contribution in [0.25, 0.3) is 11.0 Å². The number of fused-ring (bicyclic) bond motifs is 1. The Balaban J connectivity index is 1.34. The standard InChI is InChI=1S/C19H19FIN5O/c20-13-4-5-18-17(10-13)23-24-26(18)16-6-8-25(9-7-16)12-19(27)22-15-3-1-2-14(21)11-15/h1-5,10-11,16H,6-9,12H2,(H,22,27). The third-order valence-electron chi connectivity index (χ3n) is 4.81. The van der Waals surface area contributed by atoms with E-state index in [-0.39, 0.29) is 17.8 Å². The Morgan fingerprint density at radius 1 is 1.22 bits per heavy atom. The van der Waals surface area contributed by atoms with Gasteiger partial charge in [-0.15, -0.1) is 5.10 Å². The first kappa shape index (κ1) is 18.3. The van der Waals surface area contributed by atoms with E-state index < -0.39 is 0 Å². The first-order valence-electron chi connectivity index (χ1n) is 8.87. The van der Waals surface area contributed by atoms with Crippen LogP contribution in [0.5, 0.6) is 0 Å². The summed E-state index contributed by atoms with van der Waals surface area (Å²) in [5.74, 6) is -0.305. The van der Waals surface area contributed by atoms with Crippen molar-refractivity contribution in [2.24, 2.45) is 0 Å². The van der Waals surface area contributed by atoms with Crippen molar-refractivity contribution in [3.8, 4) is 0 Å². The zero-order valence-electron chi connectivity index (χ0n) is 14.6. The maximum absolute atomic E-state index is 13.3. The Morgan fingerprint density at radius 2 is 2.04 bits per heavy atom. The third kappa shape index (κ3) is 4.27. The molecule has 1 saturated heterocycles. The molecule has 6 nitrogen and oxygen atoms in total. The van der Waals surface area contributed by atoms with E-state index in [4.69, 9.17) is 0 Å². The average molecular weight is 479 g/mol. The lowest BCUT2D eigenvalue weighted by atomic mass is 10.0. The molecule has 3 aromatic rings. The summed E-state index contributed by atoms with van der Waals surface area (Å²) in [6.07, 6.45) is 1.76. The molecule has 0 radical (unpaired) electrons. The van der Waals surface area contributed by atoms with Gasteiger partial charge in [0, 0.05) is 28.4 Å². The molecule has 2 heterocycles. The Labute approximate surface area is 169 Å². The number of anilines is 1. The zero-order chi connectivity index (χ0) is 18.8. The number of rotatable bonds is 4. The van der Waals surface area contributed by atoms with E-state index in [1.807, 2.05) is 28.9 Å². The van der Waals surface area contributed by atoms with Gasteiger partial charge in [-0.05, 0) is 65.8 Å². The Morgan fingerprint density at radius 3 is 2.81 bits per heavy atom. The average Bonchev–Trinajstić information content (AvgIpc) is 3.05. The molecule has 4 rings (SSSR count). The second-order valence-electron chi connectivity index (χ2n) is 6.73. The summed E-state index contributed by atoms with van der Waals surface area (Å²) in [4.78, 5) is 14.4. The normalized spacial score (nSPS) is 15.9. The van der Waals surface area contributed by atoms with Gasteiger partial charge in [-0.2, -0.15) is 0 Å². The van der Waals surface area contributed by atoms with Crippen LogP contribution in [0.2, 0.25) is 0 Å². The summed E-state index contributed by atoms with van der Waals surface area (Å²) in [7, 11) is 0. The van der Waals surface area contributed by atoms with Gasteiger partial charge in [0.1, 0.15) is 11.3 Å². The van der Waals surface area contributed by atoms with Crippen LogP contribution in [0.4, 0.5) is 10.1 Å². The van der Waals surface area contributed by atoms with E-state index in [1.165, 1.54) is 12.1 Å². The molecule has 140 valence electrons. The molecule has 1 aromatic heterocycles. The molecule has 1 aliphatic heterocycles. The minimum Gasteiger partial charge on any atom is -0.325 e. The maximum Gasteiger partial charge on any atom is 0.238 e. The van der Waals surface area contributed by atoms with E-state index in [9.17, 15) is 9.18 Å². The van der Waals surface area contributed by atoms with Crippen molar-refractivity contribution >= 4 is 45.2 Å². The monoisotopic (exact) mass is 479 g/mol. The van der Waals surface area contributed by atoms with Crippen molar-refractivity contribution in [3.63, 3.8) is 0 Å². The molecule has 0 spiro atoms. The van der Waals surface area contributed by atoms with Gasteiger partial charge in [-0.25, -0.2) is 9.07 Å². The first-order valence-corrected chi connectivity index (χ1v) is 9.94. The smallest absolute Gasteiger partial charge is 0.238 e. The van der Waals surface area contributed by atoms with E-state index in [0.29, 0.717) is 12.1 Å². The van der Waals surface area contributed by atoms with E-state index in [1.54, 1.807) is 6.07 Å². The van der Waals surface area contributed by atoms with Crippen molar-refractivity contribution in [1.29, 1.82) is 0 Å². The summed E-state index contributed by atoms with van der Waals surface area (Å²) in [5.41, 5.74) is 2.25. The summed E-state index contributed by atoms with van der Waals surface area (Å²) in [6.45, 7) is 2.00. The second kappa shape index (κ2) is 7.89. The molecular weight excluding hydrogens is 460 g/mol. The number of piperidine rings is 1. The number of carbonyl (C=O) groups is 1. The number of nitrogens with zero attached hydrogens (tertiary/aromatic N) is 4. The van der Waals surface area contributed by atoms with Crippen molar-refractivity contribution in [1.82, 2.24) is 19.9 Å². The molecule has 0 aliphatic carbocycles. The van der Waals surface area contributed by atoms with Crippen LogP contribution in [0.1, 0.15) is 18.9 Å². The summed E-state index contributed by atoms with van der Waals surface area (Å²) in [6, 6.07) is 12.5. The number of likely N-dealkylation sites (tertiary alicyclic amines) is 1. The van der Waals surface area contributed by atoms with Crippen LogP contribution in [-0.2, 0) is 4.79 Å². The predicted octanol–water partition coefficient (Wildman–Crippen LogP) is 3.45. The van der Waals surface area contributed by atoms with Crippen LogP contribution in [-0.4, -0.2) is 45.4 Å². The number of amides is 1. The molecule has 0 bridgehead atoms. The fourth-order valence-electron chi connectivity index (χ4n) is 3.48. The molecule has 1 N–H and O–H groups in total. The number of halogens is 2. The number of hydrogen-bond donors (Lipinski definition) is 1. The van der Waals surface area contributed by atoms with Crippen molar-refractivity contribution in [2.45, 2.75) is 18.9 Å². The van der Waals surface area contributed by atoms with Gasteiger partial charge in [-0.3, -0.25) is 9.69 Å². The highest BCUT2D eigenvalue weighted by Gasteiger charge is 2.24. The third-order valence-corrected chi connectivity index (χ3v) is 5.48. The topological polar surface area (TPSA) is 63.1 Å². The number of hydrogen-bond acceptors (Lipinski definition) is 4. The predicted molar refractivity (Wildman–Crippen MR) is 110 cm³/mol. The highest BCUT2D eigenvalue weighted by Crippen LogP contribution is 2.25. The van der Waals surface area contributed by atoms with E-state index in [2.05, 4.69) is 43.1 Å². The number of aromatic nitrogens is 3. The van der Waals surface area contributed by atoms with Crippen LogP contribution in [0.3, 0.4) is 0 Å². The maximum atomic E-state index is 13.3. The van der Waals surface area contributed by atoms with Gasteiger partial charge < -0.3 is 5.32 Å². The van der Waals surface area contributed by atoms with Crippen molar-refractivity contribution < 1.29 is 9.18 Å². The molecular formula is C19H19FIN5O. The minimum atomic E-state index is -0.302. The molecule has 2 aromatic carbocycles. The molecule has 0 saturated carbocycles. The SMILES string of the molecule is O=C(CN1CCC(n2nnc3cc(F)ccc32)CC1)Nc1cccc(I)c1. The Kier molecular flexibility index (Phi) is 5.35. The van der Waals surface area contributed by atoms with Crippen molar-refractivity contribution in [3.05, 3.63) is 51.9 Å². The largest absolute Gasteiger partial charge is 0.325 e. The van der Waals surface area contributed by atoms with E-state index >= 15 is 0 Å². The van der Waals surface area contributed by atoms with Crippen LogP contribution in [0, 0.1) is 9.39 Å². The lowest BCUT2D eigenvalue weighted by molar-refractivity contribution is -0.117. The summed E-state index contributed by atoms with van der Waals surface area (Å²) >= 11 is 2.23. The van der Waals surface area contributed by atoms with Gasteiger partial charge in [0.05, 0.1) is 18.1 Å². The molecule has 1 fully saturated rings. The van der Waals surface area contributed by atoms with E-state index in [0.717, 1.165) is 40.7 Å². The quantitative estimate of drug-likeness (QED) is 0.583. The fourth-order valence-corrected chi connectivity index (χ4v) is 4.02. The summed E-state index contributed by atoms with van der Waals surface area (Å²) in [5, 5.41) is 11.2. The summed E-state index contributed by atoms with van der Waals surface area (Å²) < 4.78 is 16.3.